The second-order valence-corrected chi connectivity index (χ2v) is 12.7. The van der Waals surface area contributed by atoms with Crippen molar-refractivity contribution in [3.05, 3.63) is 53.1 Å². The van der Waals surface area contributed by atoms with Gasteiger partial charge in [0.2, 0.25) is 0 Å². The van der Waals surface area contributed by atoms with E-state index in [0.29, 0.717) is 66.9 Å². The molecule has 5 rings (SSSR count). The van der Waals surface area contributed by atoms with E-state index in [2.05, 4.69) is 19.1 Å². The average molecular weight is 562 g/mol. The van der Waals surface area contributed by atoms with Gasteiger partial charge in [-0.2, -0.15) is 0 Å². The minimum absolute atomic E-state index is 0.00789. The van der Waals surface area contributed by atoms with Crippen LogP contribution in [0.25, 0.3) is 0 Å². The summed E-state index contributed by atoms with van der Waals surface area (Å²) in [5, 5.41) is 0. The molecule has 6 heteroatoms. The van der Waals surface area contributed by atoms with E-state index < -0.39 is 0 Å². The lowest BCUT2D eigenvalue weighted by molar-refractivity contribution is 0.0221. The second kappa shape index (κ2) is 12.1. The Hall–Kier alpha value is -3.02. The number of ether oxygens (including phenoxy) is 3. The molecule has 5 atom stereocenters. The highest BCUT2D eigenvalue weighted by Crippen LogP contribution is 2.63. The van der Waals surface area contributed by atoms with Crippen molar-refractivity contribution in [1.82, 2.24) is 4.90 Å². The van der Waals surface area contributed by atoms with E-state index in [0.717, 1.165) is 24.2 Å². The summed E-state index contributed by atoms with van der Waals surface area (Å²) < 4.78 is 17.7. The van der Waals surface area contributed by atoms with Crippen molar-refractivity contribution in [3.63, 3.8) is 0 Å². The minimum Gasteiger partial charge on any atom is -0.493 e. The van der Waals surface area contributed by atoms with Crippen LogP contribution in [0, 0.1) is 23.2 Å². The maximum absolute atomic E-state index is 13.4. The summed E-state index contributed by atoms with van der Waals surface area (Å²) in [6, 6.07) is 11.7. The normalized spacial score (nSPS) is 26.7. The van der Waals surface area contributed by atoms with Gasteiger partial charge in [0.25, 0.3) is 5.91 Å². The van der Waals surface area contributed by atoms with E-state index in [1.807, 2.05) is 45.9 Å². The van der Waals surface area contributed by atoms with Gasteiger partial charge < -0.3 is 19.1 Å². The van der Waals surface area contributed by atoms with E-state index in [1.54, 1.807) is 18.1 Å². The fourth-order valence-electron chi connectivity index (χ4n) is 8.24. The number of ketones is 1. The molecule has 0 aliphatic heterocycles. The lowest BCUT2D eigenvalue weighted by Gasteiger charge is -2.50. The molecule has 0 saturated heterocycles. The van der Waals surface area contributed by atoms with Crippen LogP contribution in [0.4, 0.5) is 0 Å². The maximum atomic E-state index is 13.4. The molecule has 6 nitrogen and oxygen atoms in total. The largest absolute Gasteiger partial charge is 0.493 e. The Morgan fingerprint density at radius 3 is 2.54 bits per heavy atom. The zero-order valence-electron chi connectivity index (χ0n) is 25.7. The van der Waals surface area contributed by atoms with Gasteiger partial charge in [-0.05, 0) is 125 Å². The molecule has 222 valence electrons. The van der Waals surface area contributed by atoms with Crippen LogP contribution >= 0.6 is 0 Å². The Kier molecular flexibility index (Phi) is 8.68. The van der Waals surface area contributed by atoms with Crippen molar-refractivity contribution in [2.75, 3.05) is 26.8 Å². The Bertz CT molecular complexity index is 1270. The minimum atomic E-state index is 0.00789. The van der Waals surface area contributed by atoms with Crippen molar-refractivity contribution in [1.29, 1.82) is 0 Å². The van der Waals surface area contributed by atoms with Gasteiger partial charge in [0.15, 0.2) is 17.3 Å². The topological polar surface area (TPSA) is 65.1 Å². The molecule has 1 amide bonds. The molecule has 2 aromatic carbocycles. The van der Waals surface area contributed by atoms with Crippen LogP contribution < -0.4 is 14.2 Å². The number of amides is 1. The van der Waals surface area contributed by atoms with Gasteiger partial charge in [0.05, 0.1) is 19.8 Å². The fraction of sp³-hybridized carbons (Fsp3) is 0.600. The molecule has 0 bridgehead atoms. The third-order valence-corrected chi connectivity index (χ3v) is 10.3. The van der Waals surface area contributed by atoms with Gasteiger partial charge in [0.1, 0.15) is 5.75 Å². The number of carbonyl (C=O) groups is 2. The number of carbonyl (C=O) groups excluding carboxylic acids is 2. The summed E-state index contributed by atoms with van der Waals surface area (Å²) in [5.41, 5.74) is 2.97. The van der Waals surface area contributed by atoms with Crippen LogP contribution in [0.1, 0.15) is 105 Å². The van der Waals surface area contributed by atoms with Crippen LogP contribution in [0.15, 0.2) is 36.4 Å². The molecule has 0 spiro atoms. The zero-order chi connectivity index (χ0) is 29.3. The van der Waals surface area contributed by atoms with Gasteiger partial charge in [-0.25, -0.2) is 0 Å². The highest BCUT2D eigenvalue weighted by atomic mass is 16.5. The second-order valence-electron chi connectivity index (χ2n) is 12.7. The molecule has 2 fully saturated rings. The Morgan fingerprint density at radius 2 is 1.83 bits per heavy atom. The average Bonchev–Trinajstić information content (AvgIpc) is 3.30. The third kappa shape index (κ3) is 5.59. The number of nitrogens with zero attached hydrogens (tertiary/aromatic N) is 1. The number of hydrogen-bond acceptors (Lipinski definition) is 5. The first-order valence-electron chi connectivity index (χ1n) is 15.6. The quantitative estimate of drug-likeness (QED) is 0.300. The van der Waals surface area contributed by atoms with Crippen LogP contribution in [0.5, 0.6) is 17.2 Å². The first kappa shape index (κ1) is 29.5. The summed E-state index contributed by atoms with van der Waals surface area (Å²) in [5.74, 6) is 4.39. The number of fused-ring (bicyclic) bond motifs is 5. The SMILES string of the molecule is CCN(CC)C(=O)c1ccc(OCC[C@H]2CCC3C4CC(=O)c5cc(OC(C)C)ccc5C4CC[C@@]32C)c(OC)c1. The van der Waals surface area contributed by atoms with E-state index in [9.17, 15) is 9.59 Å². The molecule has 3 aliphatic rings. The Balaban J connectivity index is 1.24. The van der Waals surface area contributed by atoms with Gasteiger partial charge in [-0.15, -0.1) is 0 Å². The highest BCUT2D eigenvalue weighted by Gasteiger charge is 2.55. The van der Waals surface area contributed by atoms with E-state index in [-0.39, 0.29) is 23.2 Å². The summed E-state index contributed by atoms with van der Waals surface area (Å²) in [4.78, 5) is 28.0. The lowest BCUT2D eigenvalue weighted by Crippen LogP contribution is -2.43. The van der Waals surface area contributed by atoms with Gasteiger partial charge in [-0.1, -0.05) is 13.0 Å². The molecular weight excluding hydrogens is 514 g/mol. The predicted octanol–water partition coefficient (Wildman–Crippen LogP) is 7.55. The molecule has 2 saturated carbocycles. The molecular formula is C35H47NO5. The molecule has 2 aromatic rings. The summed E-state index contributed by atoms with van der Waals surface area (Å²) in [6.07, 6.45) is 6.42. The van der Waals surface area contributed by atoms with Crippen LogP contribution in [0.2, 0.25) is 0 Å². The fourth-order valence-corrected chi connectivity index (χ4v) is 8.24. The van der Waals surface area contributed by atoms with Crippen LogP contribution in [0.3, 0.4) is 0 Å². The molecule has 3 aliphatic carbocycles. The molecule has 3 unspecified atom stereocenters. The Labute approximate surface area is 245 Å². The van der Waals surface area contributed by atoms with Crippen LogP contribution in [-0.4, -0.2) is 49.5 Å². The monoisotopic (exact) mass is 561 g/mol. The number of hydrogen-bond donors (Lipinski definition) is 0. The number of Topliss-reactive ketones (excluding diaryl/α,β-unsaturated/α-hetero) is 1. The van der Waals surface area contributed by atoms with Crippen molar-refractivity contribution >= 4 is 11.7 Å². The molecule has 41 heavy (non-hydrogen) atoms. The number of methoxy groups -OCH3 is 1. The summed E-state index contributed by atoms with van der Waals surface area (Å²) in [6.45, 7) is 12.4. The van der Waals surface area contributed by atoms with Crippen molar-refractivity contribution < 1.29 is 23.8 Å². The smallest absolute Gasteiger partial charge is 0.253 e. The van der Waals surface area contributed by atoms with Crippen molar-refractivity contribution in [3.8, 4) is 17.2 Å². The van der Waals surface area contributed by atoms with E-state index in [4.69, 9.17) is 14.2 Å². The zero-order valence-corrected chi connectivity index (χ0v) is 25.7. The number of rotatable bonds is 10. The van der Waals surface area contributed by atoms with E-state index >= 15 is 0 Å². The van der Waals surface area contributed by atoms with Crippen molar-refractivity contribution in [2.24, 2.45) is 23.2 Å². The lowest BCUT2D eigenvalue weighted by atomic mass is 9.54. The van der Waals surface area contributed by atoms with Gasteiger partial charge in [0, 0.05) is 30.6 Å². The first-order valence-corrected chi connectivity index (χ1v) is 15.6. The van der Waals surface area contributed by atoms with E-state index in [1.165, 1.54) is 24.8 Å². The summed E-state index contributed by atoms with van der Waals surface area (Å²) >= 11 is 0. The molecule has 0 radical (unpaired) electrons. The van der Waals surface area contributed by atoms with Crippen molar-refractivity contribution in [2.45, 2.75) is 85.2 Å². The molecule has 0 N–H and O–H groups in total. The standard InChI is InChI=1S/C35H47NO5/c1-7-36(8-2)34(38)23-9-14-32(33(19-23)39-6)40-18-16-24-10-13-30-28-21-31(37)29-20-25(41-22(3)4)11-12-26(29)27(28)15-17-35(24,30)5/h9,11-12,14,19-20,22,24,27-28,30H,7-8,10,13,15-18,21H2,1-6H3/t24-,27?,28?,30?,35-/m1/s1. The van der Waals surface area contributed by atoms with Gasteiger partial charge >= 0.3 is 0 Å². The first-order chi connectivity index (χ1) is 19.7. The Morgan fingerprint density at radius 1 is 1.05 bits per heavy atom. The van der Waals surface area contributed by atoms with Crippen LogP contribution in [-0.2, 0) is 0 Å². The third-order valence-electron chi connectivity index (χ3n) is 10.3. The predicted molar refractivity (Wildman–Crippen MR) is 161 cm³/mol. The maximum Gasteiger partial charge on any atom is 0.253 e. The summed E-state index contributed by atoms with van der Waals surface area (Å²) in [7, 11) is 1.62. The molecule has 0 aromatic heterocycles. The molecule has 0 heterocycles. The highest BCUT2D eigenvalue weighted by molar-refractivity contribution is 5.99. The van der Waals surface area contributed by atoms with Gasteiger partial charge in [-0.3, -0.25) is 9.59 Å². The number of benzene rings is 2.